The summed E-state index contributed by atoms with van der Waals surface area (Å²) in [5.41, 5.74) is 5.03. The molecule has 0 radical (unpaired) electrons. The lowest BCUT2D eigenvalue weighted by Crippen LogP contribution is -2.22. The number of hydrogen-bond donors (Lipinski definition) is 1. The maximum absolute atomic E-state index is 13.3. The Hall–Kier alpha value is -1.71. The zero-order valence-corrected chi connectivity index (χ0v) is 13.8. The van der Waals surface area contributed by atoms with Gasteiger partial charge in [-0.3, -0.25) is 9.59 Å². The fourth-order valence-corrected chi connectivity index (χ4v) is 2.07. The van der Waals surface area contributed by atoms with Crippen molar-refractivity contribution in [1.82, 2.24) is 0 Å². The molecule has 4 nitrogen and oxygen atoms in total. The number of carbonyl (C=O) groups is 2. The number of unbranched alkanes of at least 4 members (excludes halogenated alkanes) is 2. The Morgan fingerprint density at radius 2 is 1.42 bits per heavy atom. The van der Waals surface area contributed by atoms with Crippen LogP contribution in [0.2, 0.25) is 0 Å². The average molecular weight is 418 g/mol. The lowest BCUT2D eigenvalue weighted by atomic mass is 10.1. The highest BCUT2D eigenvalue weighted by molar-refractivity contribution is 9.10. The van der Waals surface area contributed by atoms with Crippen molar-refractivity contribution in [3.8, 4) is 5.75 Å². The average Bonchev–Trinajstić information content (AvgIpc) is 2.54. The van der Waals surface area contributed by atoms with Gasteiger partial charge >= 0.3 is 5.97 Å². The van der Waals surface area contributed by atoms with Crippen LogP contribution in [0.1, 0.15) is 32.1 Å². The van der Waals surface area contributed by atoms with Gasteiger partial charge in [0.05, 0.1) is 4.83 Å². The van der Waals surface area contributed by atoms with Crippen molar-refractivity contribution < 1.29 is 36.3 Å². The Labute approximate surface area is 142 Å². The number of esters is 1. The summed E-state index contributed by atoms with van der Waals surface area (Å²) in [5, 5.41) is 0. The van der Waals surface area contributed by atoms with Crippen molar-refractivity contribution in [3.05, 3.63) is 29.1 Å². The smallest absolute Gasteiger partial charge is 0.311 e. The molecule has 2 N–H and O–H groups in total. The molecule has 24 heavy (non-hydrogen) atoms. The Bertz CT molecular complexity index is 612. The minimum Gasteiger partial charge on any atom is -0.420 e. The fourth-order valence-electron chi connectivity index (χ4n) is 1.75. The van der Waals surface area contributed by atoms with Gasteiger partial charge in [-0.05, 0) is 12.8 Å². The molecule has 0 saturated heterocycles. The molecule has 0 saturated carbocycles. The van der Waals surface area contributed by atoms with Crippen LogP contribution in [-0.4, -0.2) is 16.7 Å². The van der Waals surface area contributed by atoms with Crippen LogP contribution in [0.4, 0.5) is 22.0 Å². The number of benzene rings is 1. The molecule has 0 aliphatic heterocycles. The van der Waals surface area contributed by atoms with E-state index in [1.54, 1.807) is 0 Å². The molecule has 10 heteroatoms. The second-order valence-electron chi connectivity index (χ2n) is 4.84. The molecule has 1 unspecified atom stereocenters. The van der Waals surface area contributed by atoms with E-state index in [9.17, 15) is 31.5 Å². The first-order valence-electron chi connectivity index (χ1n) is 6.82. The molecule has 134 valence electrons. The molecule has 0 spiro atoms. The number of nitrogens with two attached hydrogens (primary N) is 1. The van der Waals surface area contributed by atoms with Crippen molar-refractivity contribution in [2.75, 3.05) is 0 Å². The zero-order valence-electron chi connectivity index (χ0n) is 12.2. The third-order valence-corrected chi connectivity index (χ3v) is 3.94. The van der Waals surface area contributed by atoms with Gasteiger partial charge in [-0.25, -0.2) is 13.2 Å². The summed E-state index contributed by atoms with van der Waals surface area (Å²) in [4.78, 5) is 21.7. The van der Waals surface area contributed by atoms with E-state index in [0.29, 0.717) is 19.3 Å². The Morgan fingerprint density at radius 3 is 1.92 bits per heavy atom. The van der Waals surface area contributed by atoms with Gasteiger partial charge in [-0.2, -0.15) is 8.78 Å². The van der Waals surface area contributed by atoms with Gasteiger partial charge in [-0.15, -0.1) is 0 Å². The molecular formula is C14H13BrF5NO3. The highest BCUT2D eigenvalue weighted by Crippen LogP contribution is 2.29. The van der Waals surface area contributed by atoms with E-state index in [4.69, 9.17) is 5.73 Å². The maximum Gasteiger partial charge on any atom is 0.311 e. The maximum atomic E-state index is 13.3. The number of rotatable bonds is 8. The van der Waals surface area contributed by atoms with Gasteiger partial charge in [0.2, 0.25) is 40.7 Å². The lowest BCUT2D eigenvalue weighted by Gasteiger charge is -2.09. The predicted molar refractivity (Wildman–Crippen MR) is 76.9 cm³/mol. The quantitative estimate of drug-likeness (QED) is 0.134. The third kappa shape index (κ3) is 5.15. The van der Waals surface area contributed by atoms with Gasteiger partial charge in [0.1, 0.15) is 0 Å². The van der Waals surface area contributed by atoms with E-state index in [0.717, 1.165) is 0 Å². The molecule has 1 atom stereocenters. The van der Waals surface area contributed by atoms with Gasteiger partial charge in [0.15, 0.2) is 0 Å². The summed E-state index contributed by atoms with van der Waals surface area (Å²) < 4.78 is 69.6. The Balaban J connectivity index is 2.54. The summed E-state index contributed by atoms with van der Waals surface area (Å²) in [5.74, 6) is -14.4. The normalized spacial score (nSPS) is 12.1. The van der Waals surface area contributed by atoms with E-state index < -0.39 is 51.5 Å². The number of hydrogen-bond acceptors (Lipinski definition) is 3. The van der Waals surface area contributed by atoms with Crippen LogP contribution in [0, 0.1) is 29.1 Å². The highest BCUT2D eigenvalue weighted by atomic mass is 79.9. The van der Waals surface area contributed by atoms with E-state index >= 15 is 0 Å². The second-order valence-corrected chi connectivity index (χ2v) is 5.95. The molecule has 1 rings (SSSR count). The molecule has 0 heterocycles. The molecular weight excluding hydrogens is 405 g/mol. The summed E-state index contributed by atoms with van der Waals surface area (Å²) in [6.07, 6.45) is 1.40. The number of ether oxygens (including phenoxy) is 1. The van der Waals surface area contributed by atoms with E-state index in [2.05, 4.69) is 20.7 Å². The SMILES string of the molecule is NC(=O)C(Br)CCCCCC(=O)Oc1c(F)c(F)c(F)c(F)c1F. The number of alkyl halides is 1. The highest BCUT2D eigenvalue weighted by Gasteiger charge is 2.28. The zero-order chi connectivity index (χ0) is 18.4. The summed E-state index contributed by atoms with van der Waals surface area (Å²) in [6, 6.07) is 0. The van der Waals surface area contributed by atoms with Crippen LogP contribution in [0.3, 0.4) is 0 Å². The summed E-state index contributed by atoms with van der Waals surface area (Å²) in [7, 11) is 0. The van der Waals surface area contributed by atoms with Crippen molar-refractivity contribution in [1.29, 1.82) is 0 Å². The van der Waals surface area contributed by atoms with Gasteiger partial charge in [0.25, 0.3) is 0 Å². The third-order valence-electron chi connectivity index (χ3n) is 3.03. The molecule has 1 aromatic rings. The van der Waals surface area contributed by atoms with Crippen LogP contribution in [0.25, 0.3) is 0 Å². The van der Waals surface area contributed by atoms with E-state index in [-0.39, 0.29) is 12.8 Å². The van der Waals surface area contributed by atoms with Crippen LogP contribution >= 0.6 is 15.9 Å². The largest absolute Gasteiger partial charge is 0.420 e. The molecule has 1 amide bonds. The first-order valence-corrected chi connectivity index (χ1v) is 7.73. The van der Waals surface area contributed by atoms with Crippen LogP contribution < -0.4 is 10.5 Å². The van der Waals surface area contributed by atoms with Gasteiger partial charge in [-0.1, -0.05) is 28.8 Å². The van der Waals surface area contributed by atoms with Crippen LogP contribution in [0.5, 0.6) is 5.75 Å². The van der Waals surface area contributed by atoms with Gasteiger partial charge < -0.3 is 10.5 Å². The minimum absolute atomic E-state index is 0.243. The second kappa shape index (κ2) is 8.95. The van der Waals surface area contributed by atoms with Crippen molar-refractivity contribution in [2.45, 2.75) is 36.9 Å². The molecule has 0 aliphatic rings. The molecule has 1 aromatic carbocycles. The first kappa shape index (κ1) is 20.3. The minimum atomic E-state index is -2.33. The predicted octanol–water partition coefficient (Wildman–Crippen LogP) is 3.49. The fraction of sp³-hybridized carbons (Fsp3) is 0.429. The Kier molecular flexibility index (Phi) is 7.59. The molecule has 0 bridgehead atoms. The Morgan fingerprint density at radius 1 is 0.917 bits per heavy atom. The van der Waals surface area contributed by atoms with Crippen molar-refractivity contribution in [2.24, 2.45) is 5.73 Å². The molecule has 0 aliphatic carbocycles. The monoisotopic (exact) mass is 417 g/mol. The van der Waals surface area contributed by atoms with Crippen LogP contribution in [0.15, 0.2) is 0 Å². The van der Waals surface area contributed by atoms with Crippen molar-refractivity contribution >= 4 is 27.8 Å². The lowest BCUT2D eigenvalue weighted by molar-refractivity contribution is -0.135. The number of amides is 1. The summed E-state index contributed by atoms with van der Waals surface area (Å²) in [6.45, 7) is 0. The number of halogens is 6. The number of primary amides is 1. The van der Waals surface area contributed by atoms with E-state index in [1.165, 1.54) is 0 Å². The molecule has 0 aromatic heterocycles. The summed E-state index contributed by atoms with van der Waals surface area (Å²) >= 11 is 3.05. The van der Waals surface area contributed by atoms with Crippen molar-refractivity contribution in [3.63, 3.8) is 0 Å². The number of carbonyl (C=O) groups excluding carboxylic acids is 2. The van der Waals surface area contributed by atoms with Crippen LogP contribution in [-0.2, 0) is 9.59 Å². The standard InChI is InChI=1S/C14H13BrF5NO3/c15-6(14(21)23)4-2-1-3-5-7(22)24-13-11(19)9(17)8(16)10(18)12(13)20/h6H,1-5H2,(H2,21,23). The topological polar surface area (TPSA) is 69.4 Å². The molecule has 0 fully saturated rings. The first-order chi connectivity index (χ1) is 11.2. The van der Waals surface area contributed by atoms with Gasteiger partial charge in [0, 0.05) is 6.42 Å². The van der Waals surface area contributed by atoms with E-state index in [1.807, 2.05) is 0 Å².